The summed E-state index contributed by atoms with van der Waals surface area (Å²) < 4.78 is 33.0. The Labute approximate surface area is 174 Å². The van der Waals surface area contributed by atoms with Crippen LogP contribution in [0, 0.1) is 0 Å². The van der Waals surface area contributed by atoms with Gasteiger partial charge in [0.15, 0.2) is 5.78 Å². The Bertz CT molecular complexity index is 1230. The third kappa shape index (κ3) is 3.71. The summed E-state index contributed by atoms with van der Waals surface area (Å²) in [6, 6.07) is 19.4. The van der Waals surface area contributed by atoms with E-state index < -0.39 is 16.0 Å². The highest BCUT2D eigenvalue weighted by Crippen LogP contribution is 2.32. The molecule has 3 aromatic carbocycles. The van der Waals surface area contributed by atoms with E-state index in [4.69, 9.17) is 4.74 Å². The molecule has 1 aliphatic rings. The molecule has 0 amide bonds. The summed E-state index contributed by atoms with van der Waals surface area (Å²) in [6.07, 6.45) is 0.646. The third-order valence-electron chi connectivity index (χ3n) is 4.97. The van der Waals surface area contributed by atoms with Gasteiger partial charge in [0.2, 0.25) is 0 Å². The lowest BCUT2D eigenvalue weighted by Crippen LogP contribution is -2.29. The molecule has 3 aromatic rings. The summed E-state index contributed by atoms with van der Waals surface area (Å²) >= 11 is 0. The molecule has 0 N–H and O–H groups in total. The fourth-order valence-corrected chi connectivity index (χ4v) is 4.94. The Hall–Kier alpha value is -3.45. The van der Waals surface area contributed by atoms with Crippen LogP contribution in [0.4, 0.5) is 5.69 Å². The lowest BCUT2D eigenvalue weighted by atomic mass is 10.1. The molecule has 0 radical (unpaired) electrons. The highest BCUT2D eigenvalue weighted by atomic mass is 32.2. The molecule has 4 rings (SSSR count). The number of hydrogen-bond acceptors (Lipinski definition) is 5. The van der Waals surface area contributed by atoms with Crippen molar-refractivity contribution in [2.45, 2.75) is 18.2 Å². The number of Topliss-reactive ketones (excluding diaryl/α,β-unsaturated/α-hetero) is 1. The van der Waals surface area contributed by atoms with Gasteiger partial charge in [-0.05, 0) is 67.4 Å². The number of esters is 1. The van der Waals surface area contributed by atoms with Gasteiger partial charge in [-0.1, -0.05) is 24.3 Å². The summed E-state index contributed by atoms with van der Waals surface area (Å²) in [5.41, 5.74) is 2.27. The number of ether oxygens (including phenoxy) is 1. The number of rotatable bonds is 5. The zero-order chi connectivity index (χ0) is 21.3. The van der Waals surface area contributed by atoms with Gasteiger partial charge in [0.05, 0.1) is 16.1 Å². The molecule has 1 aliphatic heterocycles. The monoisotopic (exact) mass is 421 g/mol. The number of para-hydroxylation sites is 1. The minimum absolute atomic E-state index is 0.0283. The number of nitrogens with zero attached hydrogens (tertiary/aromatic N) is 1. The van der Waals surface area contributed by atoms with Crippen molar-refractivity contribution in [3.63, 3.8) is 0 Å². The summed E-state index contributed by atoms with van der Waals surface area (Å²) in [5.74, 6) is -0.495. The number of carbonyl (C=O) groups excluding carboxylic acids is 2. The molecule has 6 nitrogen and oxygen atoms in total. The summed E-state index contributed by atoms with van der Waals surface area (Å²) in [5, 5.41) is 0. The number of carbonyl (C=O) groups is 2. The molecular formula is C23H19NO5S. The Morgan fingerprint density at radius 1 is 0.900 bits per heavy atom. The molecule has 0 unspecified atom stereocenters. The molecule has 0 atom stereocenters. The van der Waals surface area contributed by atoms with Crippen LogP contribution in [0.2, 0.25) is 0 Å². The van der Waals surface area contributed by atoms with Gasteiger partial charge < -0.3 is 4.74 Å². The lowest BCUT2D eigenvalue weighted by molar-refractivity contribution is 0.0734. The van der Waals surface area contributed by atoms with E-state index >= 15 is 0 Å². The van der Waals surface area contributed by atoms with Gasteiger partial charge in [0.25, 0.3) is 10.0 Å². The van der Waals surface area contributed by atoms with Gasteiger partial charge in [-0.2, -0.15) is 0 Å². The summed E-state index contributed by atoms with van der Waals surface area (Å²) in [6.45, 7) is 1.81. The van der Waals surface area contributed by atoms with Crippen LogP contribution >= 0.6 is 0 Å². The summed E-state index contributed by atoms with van der Waals surface area (Å²) in [7, 11) is -3.81. The predicted molar refractivity (Wildman–Crippen MR) is 113 cm³/mol. The molecule has 0 fully saturated rings. The Morgan fingerprint density at radius 3 is 2.37 bits per heavy atom. The molecule has 0 saturated heterocycles. The molecule has 1 heterocycles. The van der Waals surface area contributed by atoms with Crippen molar-refractivity contribution in [3.05, 3.63) is 89.5 Å². The zero-order valence-corrected chi connectivity index (χ0v) is 17.1. The highest BCUT2D eigenvalue weighted by Gasteiger charge is 2.31. The topological polar surface area (TPSA) is 80.8 Å². The van der Waals surface area contributed by atoms with Crippen LogP contribution in [-0.2, 0) is 16.4 Å². The standard InChI is InChI=1S/C23H19NO5S/c1-16(25)17-9-11-20(12-10-17)29-23(26)19-6-4-7-21(15-19)30(27,28)24-14-13-18-5-2-3-8-22(18)24/h2-12,15H,13-14H2,1H3. The average molecular weight is 421 g/mol. The van der Waals surface area contributed by atoms with Crippen LogP contribution < -0.4 is 9.04 Å². The van der Waals surface area contributed by atoms with Gasteiger partial charge >= 0.3 is 5.97 Å². The largest absolute Gasteiger partial charge is 0.423 e. The van der Waals surface area contributed by atoms with E-state index in [1.807, 2.05) is 12.1 Å². The molecule has 7 heteroatoms. The second kappa shape index (κ2) is 7.76. The van der Waals surface area contributed by atoms with Crippen LogP contribution in [0.3, 0.4) is 0 Å². The number of benzene rings is 3. The van der Waals surface area contributed by atoms with Crippen LogP contribution in [-0.4, -0.2) is 26.7 Å². The quantitative estimate of drug-likeness (QED) is 0.355. The second-order valence-electron chi connectivity index (χ2n) is 6.95. The molecule has 152 valence electrons. The molecule has 0 saturated carbocycles. The number of hydrogen-bond donors (Lipinski definition) is 0. The normalized spacial score (nSPS) is 13.0. The maximum absolute atomic E-state index is 13.2. The van der Waals surface area contributed by atoms with Crippen LogP contribution in [0.1, 0.15) is 33.2 Å². The van der Waals surface area contributed by atoms with E-state index in [1.54, 1.807) is 24.3 Å². The Morgan fingerprint density at radius 2 is 1.63 bits per heavy atom. The fourth-order valence-electron chi connectivity index (χ4n) is 3.39. The highest BCUT2D eigenvalue weighted by molar-refractivity contribution is 7.92. The fraction of sp³-hybridized carbons (Fsp3) is 0.130. The van der Waals surface area contributed by atoms with Crippen molar-refractivity contribution in [1.29, 1.82) is 0 Å². The van der Waals surface area contributed by atoms with Crippen molar-refractivity contribution in [2.75, 3.05) is 10.8 Å². The van der Waals surface area contributed by atoms with Gasteiger partial charge in [-0.15, -0.1) is 0 Å². The SMILES string of the molecule is CC(=O)c1ccc(OC(=O)c2cccc(S(=O)(=O)N3CCc4ccccc43)c2)cc1. The van der Waals surface area contributed by atoms with E-state index in [-0.39, 0.29) is 22.0 Å². The van der Waals surface area contributed by atoms with E-state index in [1.165, 1.54) is 47.6 Å². The first-order valence-corrected chi connectivity index (χ1v) is 10.8. The van der Waals surface area contributed by atoms with E-state index in [2.05, 4.69) is 0 Å². The van der Waals surface area contributed by atoms with Gasteiger partial charge in [-0.25, -0.2) is 13.2 Å². The summed E-state index contributed by atoms with van der Waals surface area (Å²) in [4.78, 5) is 23.9. The third-order valence-corrected chi connectivity index (χ3v) is 6.78. The lowest BCUT2D eigenvalue weighted by Gasteiger charge is -2.19. The molecule has 0 aromatic heterocycles. The minimum atomic E-state index is -3.81. The van der Waals surface area contributed by atoms with Crippen molar-refractivity contribution < 1.29 is 22.7 Å². The first kappa shape index (κ1) is 19.8. The maximum atomic E-state index is 13.2. The molecule has 0 spiro atoms. The predicted octanol–water partition coefficient (Wildman–Crippen LogP) is 3.86. The van der Waals surface area contributed by atoms with Gasteiger partial charge in [-0.3, -0.25) is 9.10 Å². The van der Waals surface area contributed by atoms with Crippen LogP contribution in [0.5, 0.6) is 5.75 Å². The van der Waals surface area contributed by atoms with Gasteiger partial charge in [0, 0.05) is 12.1 Å². The molecule has 30 heavy (non-hydrogen) atoms. The number of ketones is 1. The smallest absolute Gasteiger partial charge is 0.343 e. The maximum Gasteiger partial charge on any atom is 0.343 e. The van der Waals surface area contributed by atoms with Crippen LogP contribution in [0.15, 0.2) is 77.7 Å². The first-order valence-electron chi connectivity index (χ1n) is 9.40. The van der Waals surface area contributed by atoms with E-state index in [0.717, 1.165) is 5.56 Å². The molecule has 0 bridgehead atoms. The van der Waals surface area contributed by atoms with Gasteiger partial charge in [0.1, 0.15) is 5.75 Å². The average Bonchev–Trinajstić information content (AvgIpc) is 3.19. The van der Waals surface area contributed by atoms with Crippen molar-refractivity contribution in [3.8, 4) is 5.75 Å². The zero-order valence-electron chi connectivity index (χ0n) is 16.2. The number of sulfonamides is 1. The van der Waals surface area contributed by atoms with Crippen LogP contribution in [0.25, 0.3) is 0 Å². The van der Waals surface area contributed by atoms with Crippen molar-refractivity contribution in [1.82, 2.24) is 0 Å². The van der Waals surface area contributed by atoms with E-state index in [9.17, 15) is 18.0 Å². The minimum Gasteiger partial charge on any atom is -0.423 e. The number of anilines is 1. The Balaban J connectivity index is 1.58. The molecular weight excluding hydrogens is 402 g/mol. The van der Waals surface area contributed by atoms with Crippen molar-refractivity contribution >= 4 is 27.5 Å². The molecule has 0 aliphatic carbocycles. The van der Waals surface area contributed by atoms with Crippen molar-refractivity contribution in [2.24, 2.45) is 0 Å². The van der Waals surface area contributed by atoms with E-state index in [0.29, 0.717) is 24.2 Å². The number of fused-ring (bicyclic) bond motifs is 1. The first-order chi connectivity index (χ1) is 14.4. The Kier molecular flexibility index (Phi) is 5.13. The second-order valence-corrected chi connectivity index (χ2v) is 8.82.